The first kappa shape index (κ1) is 14.4. The average Bonchev–Trinajstić information content (AvgIpc) is 2.77. The molecule has 0 unspecified atom stereocenters. The van der Waals surface area contributed by atoms with Gasteiger partial charge >= 0.3 is 0 Å². The third-order valence-corrected chi connectivity index (χ3v) is 6.34. The van der Waals surface area contributed by atoms with Gasteiger partial charge in [-0.25, -0.2) is 0 Å². The van der Waals surface area contributed by atoms with Crippen LogP contribution in [0.25, 0.3) is 64.6 Å². The Balaban J connectivity index is 1.98. The zero-order valence-electron chi connectivity index (χ0n) is 15.2. The smallest absolute Gasteiger partial charge is 0.000786 e. The fraction of sp³-hybridized carbons (Fsp3) is 0. The molecule has 0 aliphatic carbocycles. The minimum Gasteiger partial charge on any atom is -0.0616 e. The summed E-state index contributed by atoms with van der Waals surface area (Å²) in [6, 6.07) is 35.8. The summed E-state index contributed by atoms with van der Waals surface area (Å²) in [7, 11) is 0. The Labute approximate surface area is 162 Å². The Morgan fingerprint density at radius 2 is 0.821 bits per heavy atom. The molecule has 128 valence electrons. The lowest BCUT2D eigenvalue weighted by atomic mass is 9.85. The standard InChI is InChI=1S/C28H16/c1-2-8-21-17(6-1)12-14-19-16-20-15-13-18-7-5-11-23-22-9-3-4-10-24(22)28(26(19)21)27(20)25(18)23/h1-16H. The van der Waals surface area contributed by atoms with Gasteiger partial charge in [0.2, 0.25) is 0 Å². The molecular weight excluding hydrogens is 336 g/mol. The molecule has 0 atom stereocenters. The molecule has 28 heavy (non-hydrogen) atoms. The summed E-state index contributed by atoms with van der Waals surface area (Å²) < 4.78 is 0. The number of rotatable bonds is 0. The van der Waals surface area contributed by atoms with Crippen LogP contribution in [0.15, 0.2) is 97.1 Å². The van der Waals surface area contributed by atoms with E-state index < -0.39 is 0 Å². The van der Waals surface area contributed by atoms with Crippen LogP contribution in [0.4, 0.5) is 0 Å². The minimum atomic E-state index is 1.30. The summed E-state index contributed by atoms with van der Waals surface area (Å²) in [5, 5.41) is 16.2. The van der Waals surface area contributed by atoms with Gasteiger partial charge in [-0.1, -0.05) is 91.0 Å². The number of hydrogen-bond donors (Lipinski definition) is 0. The molecular formula is C28H16. The lowest BCUT2D eigenvalue weighted by molar-refractivity contribution is 1.79. The van der Waals surface area contributed by atoms with Crippen molar-refractivity contribution in [1.82, 2.24) is 0 Å². The molecule has 0 aromatic heterocycles. The summed E-state index contributed by atoms with van der Waals surface area (Å²) in [6.07, 6.45) is 0. The zero-order valence-corrected chi connectivity index (χ0v) is 15.2. The molecule has 0 spiro atoms. The van der Waals surface area contributed by atoms with E-state index in [0.29, 0.717) is 0 Å². The maximum atomic E-state index is 2.37. The number of fused-ring (bicyclic) bond motifs is 7. The molecule has 0 aliphatic rings. The van der Waals surface area contributed by atoms with Gasteiger partial charge in [-0.15, -0.1) is 0 Å². The highest BCUT2D eigenvalue weighted by Gasteiger charge is 2.16. The van der Waals surface area contributed by atoms with Gasteiger partial charge < -0.3 is 0 Å². The van der Waals surface area contributed by atoms with Gasteiger partial charge in [0.05, 0.1) is 0 Å². The largest absolute Gasteiger partial charge is 0.0616 e. The number of hydrogen-bond acceptors (Lipinski definition) is 0. The normalized spacial score (nSPS) is 12.3. The first-order valence-corrected chi connectivity index (χ1v) is 9.80. The lowest BCUT2D eigenvalue weighted by Gasteiger charge is -2.17. The predicted octanol–water partition coefficient (Wildman–Crippen LogP) is 8.04. The Kier molecular flexibility index (Phi) is 2.57. The van der Waals surface area contributed by atoms with Crippen molar-refractivity contribution in [3.8, 4) is 0 Å². The molecule has 0 aliphatic heterocycles. The van der Waals surface area contributed by atoms with Gasteiger partial charge in [0.25, 0.3) is 0 Å². The van der Waals surface area contributed by atoms with Gasteiger partial charge in [0.15, 0.2) is 0 Å². The molecule has 7 rings (SSSR count). The highest BCUT2D eigenvalue weighted by Crippen LogP contribution is 2.45. The highest BCUT2D eigenvalue weighted by atomic mass is 14.2. The van der Waals surface area contributed by atoms with Crippen molar-refractivity contribution in [3.63, 3.8) is 0 Å². The first-order valence-electron chi connectivity index (χ1n) is 9.80. The minimum absolute atomic E-state index is 1.30. The van der Waals surface area contributed by atoms with Crippen molar-refractivity contribution >= 4 is 64.6 Å². The fourth-order valence-electron chi connectivity index (χ4n) is 5.19. The molecule has 0 nitrogen and oxygen atoms in total. The van der Waals surface area contributed by atoms with E-state index in [9.17, 15) is 0 Å². The van der Waals surface area contributed by atoms with E-state index in [4.69, 9.17) is 0 Å². The summed E-state index contributed by atoms with van der Waals surface area (Å²) in [4.78, 5) is 0. The molecule has 7 aromatic rings. The average molecular weight is 352 g/mol. The summed E-state index contributed by atoms with van der Waals surface area (Å²) in [5.74, 6) is 0. The van der Waals surface area contributed by atoms with Crippen LogP contribution in [-0.4, -0.2) is 0 Å². The zero-order chi connectivity index (χ0) is 18.2. The van der Waals surface area contributed by atoms with E-state index in [1.807, 2.05) is 0 Å². The second kappa shape index (κ2) is 4.99. The van der Waals surface area contributed by atoms with Gasteiger partial charge in [-0.05, 0) is 70.7 Å². The highest BCUT2D eigenvalue weighted by molar-refractivity contribution is 6.40. The molecule has 0 heterocycles. The van der Waals surface area contributed by atoms with Crippen molar-refractivity contribution in [2.24, 2.45) is 0 Å². The molecule has 0 heteroatoms. The Hall–Kier alpha value is -3.64. The van der Waals surface area contributed by atoms with E-state index in [1.165, 1.54) is 64.6 Å². The summed E-state index contributed by atoms with van der Waals surface area (Å²) in [6.45, 7) is 0. The van der Waals surface area contributed by atoms with E-state index in [1.54, 1.807) is 0 Å². The van der Waals surface area contributed by atoms with Gasteiger partial charge in [0, 0.05) is 0 Å². The molecule has 0 amide bonds. The van der Waals surface area contributed by atoms with E-state index in [0.717, 1.165) is 0 Å². The molecule has 0 bridgehead atoms. The molecule has 0 fully saturated rings. The van der Waals surface area contributed by atoms with Crippen molar-refractivity contribution in [3.05, 3.63) is 97.1 Å². The van der Waals surface area contributed by atoms with E-state index in [2.05, 4.69) is 97.1 Å². The maximum Gasteiger partial charge on any atom is -0.000786 e. The van der Waals surface area contributed by atoms with E-state index >= 15 is 0 Å². The van der Waals surface area contributed by atoms with Crippen LogP contribution in [0, 0.1) is 0 Å². The van der Waals surface area contributed by atoms with Crippen molar-refractivity contribution in [1.29, 1.82) is 0 Å². The van der Waals surface area contributed by atoms with Crippen LogP contribution < -0.4 is 0 Å². The van der Waals surface area contributed by atoms with Crippen LogP contribution in [-0.2, 0) is 0 Å². The van der Waals surface area contributed by atoms with Crippen molar-refractivity contribution in [2.45, 2.75) is 0 Å². The van der Waals surface area contributed by atoms with E-state index in [-0.39, 0.29) is 0 Å². The van der Waals surface area contributed by atoms with Crippen molar-refractivity contribution in [2.75, 3.05) is 0 Å². The lowest BCUT2D eigenvalue weighted by Crippen LogP contribution is -1.89. The van der Waals surface area contributed by atoms with Gasteiger partial charge in [0.1, 0.15) is 0 Å². The van der Waals surface area contributed by atoms with Crippen LogP contribution in [0.3, 0.4) is 0 Å². The maximum absolute atomic E-state index is 2.37. The van der Waals surface area contributed by atoms with Crippen LogP contribution in [0.5, 0.6) is 0 Å². The van der Waals surface area contributed by atoms with Crippen molar-refractivity contribution < 1.29 is 0 Å². The topological polar surface area (TPSA) is 0 Å². The fourth-order valence-corrected chi connectivity index (χ4v) is 5.19. The van der Waals surface area contributed by atoms with Gasteiger partial charge in [-0.2, -0.15) is 0 Å². The molecule has 0 radical (unpaired) electrons. The Bertz CT molecular complexity index is 1680. The molecule has 0 saturated carbocycles. The van der Waals surface area contributed by atoms with Crippen LogP contribution in [0.2, 0.25) is 0 Å². The third-order valence-electron chi connectivity index (χ3n) is 6.34. The second-order valence-electron chi connectivity index (χ2n) is 7.75. The Morgan fingerprint density at radius 1 is 0.286 bits per heavy atom. The monoisotopic (exact) mass is 352 g/mol. The SMILES string of the molecule is c1ccc2c(c1)ccc1cc3ccc4cccc5c6ccccc6c(c12)c3c45. The first-order chi connectivity index (χ1) is 13.9. The molecule has 7 aromatic carbocycles. The van der Waals surface area contributed by atoms with Crippen LogP contribution in [0.1, 0.15) is 0 Å². The Morgan fingerprint density at radius 3 is 1.71 bits per heavy atom. The number of benzene rings is 7. The molecule has 0 saturated heterocycles. The second-order valence-corrected chi connectivity index (χ2v) is 7.75. The third kappa shape index (κ3) is 1.66. The van der Waals surface area contributed by atoms with Crippen LogP contribution >= 0.6 is 0 Å². The predicted molar refractivity (Wildman–Crippen MR) is 123 cm³/mol. The summed E-state index contributed by atoms with van der Waals surface area (Å²) >= 11 is 0. The quantitative estimate of drug-likeness (QED) is 0.191. The molecule has 0 N–H and O–H groups in total. The summed E-state index contributed by atoms with van der Waals surface area (Å²) in [5.41, 5.74) is 0. The van der Waals surface area contributed by atoms with Gasteiger partial charge in [-0.3, -0.25) is 0 Å².